The third-order valence-corrected chi connectivity index (χ3v) is 7.98. The second-order valence-electron chi connectivity index (χ2n) is 11.0. The predicted octanol–water partition coefficient (Wildman–Crippen LogP) is 9.82. The van der Waals surface area contributed by atoms with Gasteiger partial charge in [-0.15, -0.1) is 0 Å². The van der Waals surface area contributed by atoms with Crippen molar-refractivity contribution in [1.29, 1.82) is 0 Å². The van der Waals surface area contributed by atoms with Crippen molar-refractivity contribution in [1.82, 2.24) is 24.9 Å². The molecule has 8 aromatic rings. The van der Waals surface area contributed by atoms with E-state index < -0.39 is 0 Å². The van der Waals surface area contributed by atoms with Crippen LogP contribution in [0, 0.1) is 0 Å². The van der Waals surface area contributed by atoms with Crippen LogP contribution in [-0.2, 0) is 0 Å². The first kappa shape index (κ1) is 27.2. The van der Waals surface area contributed by atoms with E-state index in [1.807, 2.05) is 97.3 Å². The summed E-state index contributed by atoms with van der Waals surface area (Å²) in [5, 5.41) is 2.22. The largest absolute Gasteiger partial charge is 0.254 e. The Bertz CT molecular complexity index is 2230. The van der Waals surface area contributed by atoms with Gasteiger partial charge in [-0.2, -0.15) is 0 Å². The normalized spacial score (nSPS) is 11.0. The number of aromatic nitrogens is 5. The highest BCUT2D eigenvalue weighted by atomic mass is 14.9. The maximum absolute atomic E-state index is 5.06. The van der Waals surface area contributed by atoms with Crippen LogP contribution >= 0.6 is 0 Å². The predicted molar refractivity (Wildman–Crippen MR) is 186 cm³/mol. The molecule has 0 fully saturated rings. The van der Waals surface area contributed by atoms with Crippen molar-refractivity contribution in [2.24, 2.45) is 0 Å². The minimum Gasteiger partial charge on any atom is -0.254 e. The third-order valence-electron chi connectivity index (χ3n) is 7.98. The molecule has 216 valence electrons. The topological polar surface area (TPSA) is 64.5 Å². The SMILES string of the molecule is c1ccc(-c2cc(-c3ccc(-c4nc(-c5ccccc5)cc(-c5ccccc5)n4)cn3)nc(-c3cc4ccccc4cn3)c2)cc1. The molecule has 0 aliphatic heterocycles. The lowest BCUT2D eigenvalue weighted by Crippen LogP contribution is -1.97. The van der Waals surface area contributed by atoms with Gasteiger partial charge in [0.2, 0.25) is 0 Å². The highest BCUT2D eigenvalue weighted by molar-refractivity contribution is 5.85. The average molecular weight is 590 g/mol. The Morgan fingerprint density at radius 1 is 0.283 bits per heavy atom. The first-order valence-corrected chi connectivity index (χ1v) is 15.2. The van der Waals surface area contributed by atoms with E-state index >= 15 is 0 Å². The standard InChI is InChI=1S/C41H27N5/c1-4-12-28(13-5-1)34-23-39(44-40(24-34)38-22-31-18-10-11-19-32(31)26-43-38)35-21-20-33(27-42-35)41-45-36(29-14-6-2-7-15-29)25-37(46-41)30-16-8-3-9-17-30/h1-27H. The molecule has 0 aliphatic carbocycles. The summed E-state index contributed by atoms with van der Waals surface area (Å²) in [5.74, 6) is 0.617. The Morgan fingerprint density at radius 2 is 0.826 bits per heavy atom. The number of fused-ring (bicyclic) bond motifs is 1. The second-order valence-corrected chi connectivity index (χ2v) is 11.0. The molecule has 0 aliphatic rings. The van der Waals surface area contributed by atoms with E-state index in [2.05, 4.69) is 66.7 Å². The highest BCUT2D eigenvalue weighted by Crippen LogP contribution is 2.32. The van der Waals surface area contributed by atoms with E-state index in [0.29, 0.717) is 5.82 Å². The van der Waals surface area contributed by atoms with Crippen LogP contribution in [0.4, 0.5) is 0 Å². The molecule has 0 unspecified atom stereocenters. The smallest absolute Gasteiger partial charge is 0.161 e. The Morgan fingerprint density at radius 3 is 1.43 bits per heavy atom. The van der Waals surface area contributed by atoms with Crippen LogP contribution in [-0.4, -0.2) is 24.9 Å². The van der Waals surface area contributed by atoms with Crippen LogP contribution in [0.25, 0.3) is 78.6 Å². The van der Waals surface area contributed by atoms with Crippen molar-refractivity contribution in [2.45, 2.75) is 0 Å². The zero-order chi connectivity index (χ0) is 30.7. The van der Waals surface area contributed by atoms with E-state index in [0.717, 1.165) is 72.8 Å². The molecule has 4 aromatic heterocycles. The molecule has 0 spiro atoms. The van der Waals surface area contributed by atoms with E-state index in [1.165, 1.54) is 0 Å². The second kappa shape index (κ2) is 12.0. The summed E-state index contributed by atoms with van der Waals surface area (Å²) in [6.45, 7) is 0. The molecule has 46 heavy (non-hydrogen) atoms. The molecular weight excluding hydrogens is 562 g/mol. The minimum atomic E-state index is 0.617. The molecule has 0 atom stereocenters. The summed E-state index contributed by atoms with van der Waals surface area (Å²) >= 11 is 0. The van der Waals surface area contributed by atoms with E-state index in [9.17, 15) is 0 Å². The fourth-order valence-corrected chi connectivity index (χ4v) is 5.58. The van der Waals surface area contributed by atoms with Crippen molar-refractivity contribution in [3.05, 3.63) is 164 Å². The minimum absolute atomic E-state index is 0.617. The van der Waals surface area contributed by atoms with Gasteiger partial charge in [-0.3, -0.25) is 9.97 Å². The zero-order valence-corrected chi connectivity index (χ0v) is 24.8. The Hall–Kier alpha value is -6.33. The van der Waals surface area contributed by atoms with Crippen molar-refractivity contribution in [2.75, 3.05) is 0 Å². The van der Waals surface area contributed by atoms with Gasteiger partial charge in [0.1, 0.15) is 0 Å². The summed E-state index contributed by atoms with van der Waals surface area (Å²) in [4.78, 5) is 24.6. The van der Waals surface area contributed by atoms with Crippen LogP contribution in [0.2, 0.25) is 0 Å². The van der Waals surface area contributed by atoms with Gasteiger partial charge in [-0.1, -0.05) is 115 Å². The maximum atomic E-state index is 5.06. The summed E-state index contributed by atoms with van der Waals surface area (Å²) in [6.07, 6.45) is 3.74. The Kier molecular flexibility index (Phi) is 7.09. The van der Waals surface area contributed by atoms with Gasteiger partial charge in [0.05, 0.1) is 34.2 Å². The number of nitrogens with zero attached hydrogens (tertiary/aromatic N) is 5. The summed E-state index contributed by atoms with van der Waals surface area (Å²) in [7, 11) is 0. The lowest BCUT2D eigenvalue weighted by Gasteiger charge is -2.11. The lowest BCUT2D eigenvalue weighted by molar-refractivity contribution is 1.17. The van der Waals surface area contributed by atoms with Gasteiger partial charge in [0, 0.05) is 34.5 Å². The van der Waals surface area contributed by atoms with Gasteiger partial charge in [0.25, 0.3) is 0 Å². The molecule has 0 amide bonds. The van der Waals surface area contributed by atoms with Crippen molar-refractivity contribution >= 4 is 10.8 Å². The van der Waals surface area contributed by atoms with E-state index in [4.69, 9.17) is 24.9 Å². The van der Waals surface area contributed by atoms with Crippen LogP contribution in [0.15, 0.2) is 164 Å². The van der Waals surface area contributed by atoms with Gasteiger partial charge >= 0.3 is 0 Å². The highest BCUT2D eigenvalue weighted by Gasteiger charge is 2.14. The van der Waals surface area contributed by atoms with Gasteiger partial charge < -0.3 is 0 Å². The van der Waals surface area contributed by atoms with Crippen molar-refractivity contribution in [3.63, 3.8) is 0 Å². The molecule has 4 aromatic carbocycles. The maximum Gasteiger partial charge on any atom is 0.161 e. The third kappa shape index (κ3) is 5.53. The van der Waals surface area contributed by atoms with Gasteiger partial charge in [0.15, 0.2) is 5.82 Å². The van der Waals surface area contributed by atoms with Crippen LogP contribution in [0.3, 0.4) is 0 Å². The fraction of sp³-hybridized carbons (Fsp3) is 0. The van der Waals surface area contributed by atoms with Crippen molar-refractivity contribution in [3.8, 4) is 67.8 Å². The number of hydrogen-bond acceptors (Lipinski definition) is 5. The molecule has 0 saturated heterocycles. The quantitative estimate of drug-likeness (QED) is 0.193. The van der Waals surface area contributed by atoms with Crippen LogP contribution in [0.1, 0.15) is 0 Å². The Labute approximate surface area is 267 Å². The van der Waals surface area contributed by atoms with Crippen LogP contribution < -0.4 is 0 Å². The molecule has 5 heteroatoms. The van der Waals surface area contributed by atoms with E-state index in [1.54, 1.807) is 0 Å². The number of hydrogen-bond donors (Lipinski definition) is 0. The summed E-state index contributed by atoms with van der Waals surface area (Å²) in [6, 6.07) is 51.2. The molecule has 0 saturated carbocycles. The van der Waals surface area contributed by atoms with Gasteiger partial charge in [-0.25, -0.2) is 15.0 Å². The van der Waals surface area contributed by atoms with Gasteiger partial charge in [-0.05, 0) is 52.9 Å². The summed E-state index contributed by atoms with van der Waals surface area (Å²) < 4.78 is 0. The lowest BCUT2D eigenvalue weighted by atomic mass is 10.0. The fourth-order valence-electron chi connectivity index (χ4n) is 5.58. The molecule has 0 radical (unpaired) electrons. The molecular formula is C41H27N5. The number of rotatable bonds is 6. The number of pyridine rings is 3. The Balaban J connectivity index is 1.22. The summed E-state index contributed by atoms with van der Waals surface area (Å²) in [5.41, 5.74) is 9.89. The molecule has 5 nitrogen and oxygen atoms in total. The van der Waals surface area contributed by atoms with Crippen molar-refractivity contribution < 1.29 is 0 Å². The average Bonchev–Trinajstić information content (AvgIpc) is 3.15. The molecule has 8 rings (SSSR count). The van der Waals surface area contributed by atoms with E-state index in [-0.39, 0.29) is 0 Å². The molecule has 4 heterocycles. The first-order valence-electron chi connectivity index (χ1n) is 15.2. The molecule has 0 bridgehead atoms. The van der Waals surface area contributed by atoms with Crippen LogP contribution in [0.5, 0.6) is 0 Å². The zero-order valence-electron chi connectivity index (χ0n) is 24.8. The molecule has 0 N–H and O–H groups in total. The monoisotopic (exact) mass is 589 g/mol. The number of benzene rings is 4. The first-order chi connectivity index (χ1) is 22.8.